The molecule has 34 valence electrons. The molecular formula is C3H10NNaO. The van der Waals surface area contributed by atoms with Crippen LogP contribution >= 0.6 is 0 Å². The van der Waals surface area contributed by atoms with E-state index < -0.39 is 6.73 Å². The summed E-state index contributed by atoms with van der Waals surface area (Å²) in [7, 11) is 0. The molecule has 0 radical (unpaired) electrons. The molecule has 2 N–H and O–H groups in total. The van der Waals surface area contributed by atoms with E-state index in [9.17, 15) is 0 Å². The summed E-state index contributed by atoms with van der Waals surface area (Å²) in [6.45, 7) is 3.50. The van der Waals surface area contributed by atoms with Crippen molar-refractivity contribution in [3.05, 3.63) is 5.73 Å². The molecule has 3 heteroatoms. The fraction of sp³-hybridized carbons (Fsp3) is 1.00. The number of hydrogen-bond acceptors (Lipinski definition) is 1. The fourth-order valence-corrected chi connectivity index (χ4v) is 0. The van der Waals surface area contributed by atoms with E-state index in [2.05, 4.69) is 0 Å². The van der Waals surface area contributed by atoms with Crippen LogP contribution < -0.4 is 29.6 Å². The quantitative estimate of drug-likeness (QED) is 0.351. The van der Waals surface area contributed by atoms with Crippen molar-refractivity contribution in [2.24, 2.45) is 0 Å². The molecular weight excluding hydrogens is 89.0 g/mol. The Labute approximate surface area is 61.0 Å². The molecule has 0 aliphatic carbocycles. The molecule has 0 aromatic heterocycles. The predicted molar refractivity (Wildman–Crippen MR) is 22.8 cm³/mol. The molecule has 0 heterocycles. The summed E-state index contributed by atoms with van der Waals surface area (Å²) in [6.07, 6.45) is 0. The molecule has 0 aromatic rings. The fourth-order valence-electron chi connectivity index (χ4n) is 0. The molecule has 6 heavy (non-hydrogen) atoms. The van der Waals surface area contributed by atoms with Crippen molar-refractivity contribution in [1.29, 1.82) is 0 Å². The first-order valence-electron chi connectivity index (χ1n) is 1.67. The minimum absolute atomic E-state index is 0. The zero-order chi connectivity index (χ0) is 4.71. The number of rotatable bonds is 0. The molecule has 0 fully saturated rings. The van der Waals surface area contributed by atoms with Crippen molar-refractivity contribution < 1.29 is 34.7 Å². The number of aliphatic hydroxyl groups is 1. The van der Waals surface area contributed by atoms with Gasteiger partial charge in [0.15, 0.2) is 0 Å². The normalized spacial score (nSPS) is 4.00. The third kappa shape index (κ3) is 89.3. The van der Waals surface area contributed by atoms with Crippen molar-refractivity contribution >= 4 is 0 Å². The summed E-state index contributed by atoms with van der Waals surface area (Å²) >= 11 is 0. The van der Waals surface area contributed by atoms with E-state index in [1.54, 1.807) is 0 Å². The Hall–Kier alpha value is 0.920. The third-order valence-electron chi connectivity index (χ3n) is 0. The second kappa shape index (κ2) is 38.9. The molecule has 0 unspecified atom stereocenters. The number of aliphatic hydroxyl groups excluding tert-OH is 1. The maximum Gasteiger partial charge on any atom is 1.00 e. The molecule has 0 aliphatic rings. The zero-order valence-electron chi connectivity index (χ0n) is 4.65. The molecule has 0 bridgehead atoms. The Bertz CT molecular complexity index is 10.8. The van der Waals surface area contributed by atoms with Crippen molar-refractivity contribution in [2.45, 2.75) is 13.8 Å². The van der Waals surface area contributed by atoms with Gasteiger partial charge in [0.1, 0.15) is 0 Å². The second-order valence-electron chi connectivity index (χ2n) is 0.158. The van der Waals surface area contributed by atoms with Crippen LogP contribution in [0.3, 0.4) is 0 Å². The second-order valence-corrected chi connectivity index (χ2v) is 0.158. The third-order valence-corrected chi connectivity index (χ3v) is 0. The molecule has 0 saturated carbocycles. The molecule has 0 atom stereocenters. The largest absolute Gasteiger partial charge is 1.00 e. The summed E-state index contributed by atoms with van der Waals surface area (Å²) in [5.74, 6) is 0. The summed E-state index contributed by atoms with van der Waals surface area (Å²) in [5.41, 5.74) is 5.76. The minimum Gasteiger partial charge on any atom is -0.655 e. The van der Waals surface area contributed by atoms with Crippen LogP contribution in [0.1, 0.15) is 13.8 Å². The van der Waals surface area contributed by atoms with Gasteiger partial charge in [-0.15, -0.1) is 0 Å². The van der Waals surface area contributed by atoms with Crippen LogP contribution in [0.4, 0.5) is 0 Å². The van der Waals surface area contributed by atoms with Gasteiger partial charge >= 0.3 is 29.6 Å². The van der Waals surface area contributed by atoms with Gasteiger partial charge in [-0.1, -0.05) is 13.8 Å². The Morgan fingerprint density at radius 3 is 1.50 bits per heavy atom. The first-order chi connectivity index (χ1) is 2.41. The van der Waals surface area contributed by atoms with Crippen LogP contribution in [-0.4, -0.2) is 11.8 Å². The Morgan fingerprint density at radius 2 is 1.50 bits per heavy atom. The summed E-state index contributed by atoms with van der Waals surface area (Å²) < 4.78 is 0. The predicted octanol–water partition coefficient (Wildman–Crippen LogP) is -1.98. The van der Waals surface area contributed by atoms with Gasteiger partial charge in [0, 0.05) is 0 Å². The minimum atomic E-state index is -0.500. The van der Waals surface area contributed by atoms with E-state index in [-0.39, 0.29) is 29.6 Å². The molecule has 0 aliphatic heterocycles. The topological polar surface area (TPSA) is 44.0 Å². The van der Waals surface area contributed by atoms with Gasteiger partial charge in [-0.05, 0) is 6.73 Å². The molecule has 0 rings (SSSR count). The average molecular weight is 99.1 g/mol. The SMILES string of the molecule is CC.[NH-]CO.[Na+]. The molecule has 0 aromatic carbocycles. The van der Waals surface area contributed by atoms with Crippen LogP contribution in [0.5, 0.6) is 0 Å². The first kappa shape index (κ1) is 15.8. The molecule has 2 nitrogen and oxygen atoms in total. The van der Waals surface area contributed by atoms with Crippen LogP contribution in [0.25, 0.3) is 5.73 Å². The first-order valence-corrected chi connectivity index (χ1v) is 1.67. The van der Waals surface area contributed by atoms with E-state index in [4.69, 9.17) is 10.8 Å². The molecule has 0 saturated heterocycles. The van der Waals surface area contributed by atoms with E-state index in [1.807, 2.05) is 13.8 Å². The van der Waals surface area contributed by atoms with Crippen molar-refractivity contribution in [3.63, 3.8) is 0 Å². The number of hydrogen-bond donors (Lipinski definition) is 1. The maximum atomic E-state index is 7.24. The van der Waals surface area contributed by atoms with Crippen molar-refractivity contribution in [2.75, 3.05) is 6.73 Å². The zero-order valence-corrected chi connectivity index (χ0v) is 6.65. The van der Waals surface area contributed by atoms with Gasteiger partial charge in [0.05, 0.1) is 0 Å². The maximum absolute atomic E-state index is 7.24. The summed E-state index contributed by atoms with van der Waals surface area (Å²) in [5, 5.41) is 7.24. The smallest absolute Gasteiger partial charge is 0.655 e. The van der Waals surface area contributed by atoms with Gasteiger partial charge in [0.25, 0.3) is 0 Å². The van der Waals surface area contributed by atoms with E-state index >= 15 is 0 Å². The van der Waals surface area contributed by atoms with Crippen molar-refractivity contribution in [3.8, 4) is 0 Å². The average Bonchev–Trinajstić information content (AvgIpc) is 1.46. The monoisotopic (exact) mass is 99.1 g/mol. The van der Waals surface area contributed by atoms with Gasteiger partial charge in [-0.25, -0.2) is 0 Å². The van der Waals surface area contributed by atoms with Crippen LogP contribution in [0, 0.1) is 0 Å². The molecule has 0 amide bonds. The van der Waals surface area contributed by atoms with Gasteiger partial charge in [0.2, 0.25) is 0 Å². The van der Waals surface area contributed by atoms with Gasteiger partial charge in [-0.3, -0.25) is 0 Å². The van der Waals surface area contributed by atoms with Gasteiger partial charge < -0.3 is 10.8 Å². The standard InChI is InChI=1S/C2H6.CH4NO.Na/c1-2;2-1-3;/h1-2H3;2-3H,1H2;/q;-1;+1. The van der Waals surface area contributed by atoms with Crippen LogP contribution in [0.2, 0.25) is 0 Å². The Balaban J connectivity index is -0.0000000275. The van der Waals surface area contributed by atoms with Crippen LogP contribution in [0.15, 0.2) is 0 Å². The Morgan fingerprint density at radius 1 is 1.50 bits per heavy atom. The van der Waals surface area contributed by atoms with Gasteiger partial charge in [-0.2, -0.15) is 0 Å². The van der Waals surface area contributed by atoms with Crippen LogP contribution in [-0.2, 0) is 0 Å². The van der Waals surface area contributed by atoms with E-state index in [1.165, 1.54) is 0 Å². The Kier molecular flexibility index (Phi) is 102. The van der Waals surface area contributed by atoms with E-state index in [0.29, 0.717) is 0 Å². The number of nitrogens with one attached hydrogen (secondary N) is 1. The van der Waals surface area contributed by atoms with Crippen molar-refractivity contribution in [1.82, 2.24) is 0 Å². The summed E-state index contributed by atoms with van der Waals surface area (Å²) in [4.78, 5) is 0. The molecule has 0 spiro atoms. The van der Waals surface area contributed by atoms with E-state index in [0.717, 1.165) is 0 Å². The summed E-state index contributed by atoms with van der Waals surface area (Å²) in [6, 6.07) is 0.